The summed E-state index contributed by atoms with van der Waals surface area (Å²) in [5.41, 5.74) is 1.21. The van der Waals surface area contributed by atoms with Crippen LogP contribution in [0.5, 0.6) is 5.75 Å². The van der Waals surface area contributed by atoms with Gasteiger partial charge in [-0.2, -0.15) is 5.26 Å². The number of nitriles is 1. The molecule has 10 nitrogen and oxygen atoms in total. The molecule has 1 atom stereocenters. The average molecular weight is 501 g/mol. The Hall–Kier alpha value is -3.91. The lowest BCUT2D eigenvalue weighted by molar-refractivity contribution is 0.0521. The first-order valence-electron chi connectivity index (χ1n) is 10.7. The second kappa shape index (κ2) is 12.5. The molecule has 2 aromatic rings. The summed E-state index contributed by atoms with van der Waals surface area (Å²) in [6, 6.07) is 11.5. The van der Waals surface area contributed by atoms with Crippen LogP contribution >= 0.6 is 0 Å². The molecule has 0 bridgehead atoms. The Morgan fingerprint density at radius 2 is 1.86 bits per heavy atom. The quantitative estimate of drug-likeness (QED) is 0.285. The third kappa shape index (κ3) is 7.82. The topological polar surface area (TPSA) is 131 Å². The molecule has 0 aliphatic rings. The summed E-state index contributed by atoms with van der Waals surface area (Å²) in [6.07, 6.45) is 1.97. The standard InChI is InChI=1S/C24H28N4O6S/c1-6-32-23(29)20-12-18(14-25)21(26-16-28(3)4)13-22(20)34-15-17-9-8-10-19(11-17)35(5,31)27-24(30)33-7-2/h8-13,16H,6-7,15H2,1-5H3/b26-16+. The molecular formula is C24H28N4O6S. The maximum Gasteiger partial charge on any atom is 0.442 e. The van der Waals surface area contributed by atoms with Crippen molar-refractivity contribution in [2.75, 3.05) is 33.6 Å². The fourth-order valence-electron chi connectivity index (χ4n) is 2.81. The second-order valence-electron chi connectivity index (χ2n) is 7.43. The van der Waals surface area contributed by atoms with Crippen LogP contribution in [0.15, 0.2) is 50.6 Å². The Balaban J connectivity index is 2.42. The molecule has 0 aliphatic heterocycles. The van der Waals surface area contributed by atoms with Gasteiger partial charge in [-0.15, -0.1) is 4.36 Å². The van der Waals surface area contributed by atoms with E-state index in [1.807, 2.05) is 6.07 Å². The van der Waals surface area contributed by atoms with Crippen molar-refractivity contribution in [3.8, 4) is 11.8 Å². The van der Waals surface area contributed by atoms with E-state index >= 15 is 0 Å². The fourth-order valence-corrected chi connectivity index (χ4v) is 3.95. The molecule has 35 heavy (non-hydrogen) atoms. The lowest BCUT2D eigenvalue weighted by Crippen LogP contribution is -2.10. The molecule has 2 aromatic carbocycles. The van der Waals surface area contributed by atoms with E-state index in [0.717, 1.165) is 0 Å². The van der Waals surface area contributed by atoms with E-state index < -0.39 is 21.8 Å². The van der Waals surface area contributed by atoms with Gasteiger partial charge >= 0.3 is 12.1 Å². The predicted molar refractivity (Wildman–Crippen MR) is 132 cm³/mol. The number of hydrogen-bond acceptors (Lipinski definition) is 8. The van der Waals surface area contributed by atoms with E-state index in [-0.39, 0.29) is 36.7 Å². The van der Waals surface area contributed by atoms with E-state index in [1.54, 1.807) is 57.1 Å². The van der Waals surface area contributed by atoms with Gasteiger partial charge in [-0.05, 0) is 37.6 Å². The van der Waals surface area contributed by atoms with Crippen LogP contribution in [0.4, 0.5) is 10.5 Å². The molecule has 186 valence electrons. The Morgan fingerprint density at radius 3 is 2.49 bits per heavy atom. The smallest absolute Gasteiger partial charge is 0.442 e. The molecule has 0 fully saturated rings. The predicted octanol–water partition coefficient (Wildman–Crippen LogP) is 4.15. The normalized spacial score (nSPS) is 12.3. The second-order valence-corrected chi connectivity index (χ2v) is 9.69. The average Bonchev–Trinajstić information content (AvgIpc) is 2.81. The Kier molecular flexibility index (Phi) is 9.78. The van der Waals surface area contributed by atoms with Gasteiger partial charge in [-0.25, -0.2) is 18.8 Å². The summed E-state index contributed by atoms with van der Waals surface area (Å²) >= 11 is 0. The van der Waals surface area contributed by atoms with Gasteiger partial charge in [0.25, 0.3) is 0 Å². The van der Waals surface area contributed by atoms with Crippen molar-refractivity contribution in [1.82, 2.24) is 4.90 Å². The lowest BCUT2D eigenvalue weighted by atomic mass is 10.1. The summed E-state index contributed by atoms with van der Waals surface area (Å²) < 4.78 is 32.4. The van der Waals surface area contributed by atoms with Gasteiger partial charge in [-0.1, -0.05) is 12.1 Å². The molecule has 2 rings (SSSR count). The number of benzene rings is 2. The van der Waals surface area contributed by atoms with Gasteiger partial charge in [0.05, 0.1) is 40.5 Å². The molecular weight excluding hydrogens is 472 g/mol. The molecule has 1 unspecified atom stereocenters. The first-order valence-corrected chi connectivity index (χ1v) is 12.6. The number of carbonyl (C=O) groups is 2. The van der Waals surface area contributed by atoms with Crippen LogP contribution in [-0.4, -0.2) is 61.1 Å². The van der Waals surface area contributed by atoms with Crippen molar-refractivity contribution in [3.63, 3.8) is 0 Å². The van der Waals surface area contributed by atoms with Crippen LogP contribution in [0.3, 0.4) is 0 Å². The highest BCUT2D eigenvalue weighted by molar-refractivity contribution is 7.93. The minimum absolute atomic E-state index is 0.00208. The number of nitrogens with zero attached hydrogens (tertiary/aromatic N) is 4. The molecule has 0 heterocycles. The van der Waals surface area contributed by atoms with Crippen LogP contribution in [0.25, 0.3) is 0 Å². The summed E-state index contributed by atoms with van der Waals surface area (Å²) in [5.74, 6) is -0.465. The zero-order valence-corrected chi connectivity index (χ0v) is 21.1. The van der Waals surface area contributed by atoms with Gasteiger partial charge in [0.15, 0.2) is 0 Å². The maximum atomic E-state index is 12.9. The van der Waals surface area contributed by atoms with Crippen LogP contribution in [0.1, 0.15) is 35.3 Å². The Labute approximate surface area is 205 Å². The van der Waals surface area contributed by atoms with E-state index in [1.165, 1.54) is 24.7 Å². The minimum Gasteiger partial charge on any atom is -0.488 e. The number of carbonyl (C=O) groups excluding carboxylic acids is 2. The molecule has 1 amide bonds. The van der Waals surface area contributed by atoms with E-state index in [0.29, 0.717) is 16.1 Å². The highest BCUT2D eigenvalue weighted by Gasteiger charge is 2.19. The van der Waals surface area contributed by atoms with Gasteiger partial charge in [0.2, 0.25) is 0 Å². The maximum absolute atomic E-state index is 12.9. The van der Waals surface area contributed by atoms with E-state index in [9.17, 15) is 19.1 Å². The molecule has 0 aliphatic carbocycles. The number of amides is 1. The zero-order valence-electron chi connectivity index (χ0n) is 20.3. The van der Waals surface area contributed by atoms with Crippen LogP contribution in [0.2, 0.25) is 0 Å². The number of rotatable bonds is 9. The number of hydrogen-bond donors (Lipinski definition) is 0. The molecule has 0 saturated heterocycles. The van der Waals surface area contributed by atoms with Crippen LogP contribution in [-0.2, 0) is 25.8 Å². The summed E-state index contributed by atoms with van der Waals surface area (Å²) in [4.78, 5) is 30.5. The zero-order chi connectivity index (χ0) is 26.0. The third-order valence-corrected chi connectivity index (χ3v) is 6.01. The first-order chi connectivity index (χ1) is 16.6. The monoisotopic (exact) mass is 500 g/mol. The summed E-state index contributed by atoms with van der Waals surface area (Å²) in [5, 5.41) is 9.52. The van der Waals surface area contributed by atoms with Crippen molar-refractivity contribution in [2.45, 2.75) is 25.3 Å². The van der Waals surface area contributed by atoms with Crippen molar-refractivity contribution in [1.29, 1.82) is 5.26 Å². The van der Waals surface area contributed by atoms with Gasteiger partial charge < -0.3 is 19.1 Å². The van der Waals surface area contributed by atoms with Crippen molar-refractivity contribution >= 4 is 33.8 Å². The Morgan fingerprint density at radius 1 is 1.14 bits per heavy atom. The highest BCUT2D eigenvalue weighted by atomic mass is 32.2. The highest BCUT2D eigenvalue weighted by Crippen LogP contribution is 2.31. The van der Waals surface area contributed by atoms with E-state index in [4.69, 9.17) is 14.2 Å². The SMILES string of the molecule is CCOC(=O)N=S(C)(=O)c1cccc(COc2cc(/N=C/N(C)C)c(C#N)cc2C(=O)OCC)c1. The van der Waals surface area contributed by atoms with Crippen molar-refractivity contribution in [2.24, 2.45) is 9.36 Å². The fraction of sp³-hybridized carbons (Fsp3) is 0.333. The molecule has 0 N–H and O–H groups in total. The van der Waals surface area contributed by atoms with Crippen molar-refractivity contribution < 1.29 is 28.0 Å². The summed E-state index contributed by atoms with van der Waals surface area (Å²) in [7, 11) is 0.533. The van der Waals surface area contributed by atoms with Crippen molar-refractivity contribution in [3.05, 3.63) is 53.1 Å². The molecule has 0 saturated carbocycles. The first kappa shape index (κ1) is 27.3. The Bertz CT molecular complexity index is 1270. The van der Waals surface area contributed by atoms with Crippen LogP contribution < -0.4 is 4.74 Å². The largest absolute Gasteiger partial charge is 0.488 e. The molecule has 11 heteroatoms. The minimum atomic E-state index is -3.04. The molecule has 0 radical (unpaired) electrons. The van der Waals surface area contributed by atoms with Gasteiger partial charge in [0.1, 0.15) is 24.0 Å². The van der Waals surface area contributed by atoms with Gasteiger partial charge in [-0.3, -0.25) is 0 Å². The number of aliphatic imine (C=N–C) groups is 1. The number of ether oxygens (including phenoxy) is 3. The van der Waals surface area contributed by atoms with Gasteiger partial charge in [0, 0.05) is 31.3 Å². The lowest BCUT2D eigenvalue weighted by Gasteiger charge is -2.14. The molecule has 0 spiro atoms. The third-order valence-electron chi connectivity index (χ3n) is 4.39. The summed E-state index contributed by atoms with van der Waals surface area (Å²) in [6.45, 7) is 3.58. The molecule has 0 aromatic heterocycles. The van der Waals surface area contributed by atoms with E-state index in [2.05, 4.69) is 9.36 Å². The van der Waals surface area contributed by atoms with Crippen LogP contribution in [0, 0.1) is 11.3 Å². The number of esters is 1.